The fourth-order valence-electron chi connectivity index (χ4n) is 1.80. The molecule has 110 valence electrons. The Morgan fingerprint density at radius 3 is 2.45 bits per heavy atom. The smallest absolute Gasteiger partial charge is 0.397 e. The van der Waals surface area contributed by atoms with Crippen molar-refractivity contribution in [1.29, 1.82) is 0 Å². The van der Waals surface area contributed by atoms with Crippen molar-refractivity contribution in [2.45, 2.75) is 19.0 Å². The van der Waals surface area contributed by atoms with E-state index in [1.807, 2.05) is 0 Å². The van der Waals surface area contributed by atoms with Gasteiger partial charge in [-0.15, -0.1) is 0 Å². The lowest BCUT2D eigenvalue weighted by molar-refractivity contribution is -0.194. The zero-order valence-electron chi connectivity index (χ0n) is 10.7. The molecule has 20 heavy (non-hydrogen) atoms. The number of aromatic carboxylic acids is 1. The van der Waals surface area contributed by atoms with Crippen LogP contribution in [0, 0.1) is 5.41 Å². The highest BCUT2D eigenvalue weighted by molar-refractivity contribution is 5.88. The van der Waals surface area contributed by atoms with E-state index in [0.29, 0.717) is 0 Å². The molecule has 1 aliphatic carbocycles. The fourth-order valence-corrected chi connectivity index (χ4v) is 1.80. The van der Waals surface area contributed by atoms with E-state index < -0.39 is 24.2 Å². The van der Waals surface area contributed by atoms with Crippen LogP contribution < -0.4 is 9.47 Å². The molecular formula is C13H13F3O4. The first kappa shape index (κ1) is 14.5. The van der Waals surface area contributed by atoms with Crippen molar-refractivity contribution in [3.63, 3.8) is 0 Å². The largest absolute Gasteiger partial charge is 0.493 e. The lowest BCUT2D eigenvalue weighted by Crippen LogP contribution is -2.30. The van der Waals surface area contributed by atoms with Crippen LogP contribution in [-0.4, -0.2) is 31.0 Å². The van der Waals surface area contributed by atoms with E-state index >= 15 is 0 Å². The van der Waals surface area contributed by atoms with Crippen LogP contribution in [-0.2, 0) is 0 Å². The van der Waals surface area contributed by atoms with Gasteiger partial charge in [0.1, 0.15) is 12.0 Å². The summed E-state index contributed by atoms with van der Waals surface area (Å²) in [6.45, 7) is -0.532. The first-order valence-corrected chi connectivity index (χ1v) is 5.90. The summed E-state index contributed by atoms with van der Waals surface area (Å²) in [5.41, 5.74) is -1.88. The number of carboxylic acids is 1. The van der Waals surface area contributed by atoms with Gasteiger partial charge in [0.2, 0.25) is 0 Å². The molecule has 0 bridgehead atoms. The van der Waals surface area contributed by atoms with Gasteiger partial charge in [-0.05, 0) is 31.0 Å². The highest BCUT2D eigenvalue weighted by atomic mass is 19.4. The Kier molecular flexibility index (Phi) is 3.54. The molecule has 0 aliphatic heterocycles. The van der Waals surface area contributed by atoms with Gasteiger partial charge in [-0.3, -0.25) is 0 Å². The number of carbonyl (C=O) groups is 1. The number of hydrogen-bond acceptors (Lipinski definition) is 3. The molecule has 1 saturated carbocycles. The molecule has 0 unspecified atom stereocenters. The molecule has 4 nitrogen and oxygen atoms in total. The summed E-state index contributed by atoms with van der Waals surface area (Å²) < 4.78 is 48.5. The minimum atomic E-state index is -4.31. The summed E-state index contributed by atoms with van der Waals surface area (Å²) >= 11 is 0. The molecule has 2 rings (SSSR count). The fraction of sp³-hybridized carbons (Fsp3) is 0.462. The van der Waals surface area contributed by atoms with Crippen LogP contribution in [0.15, 0.2) is 18.2 Å². The highest BCUT2D eigenvalue weighted by Gasteiger charge is 2.63. The lowest BCUT2D eigenvalue weighted by Gasteiger charge is -2.20. The van der Waals surface area contributed by atoms with E-state index in [-0.39, 0.29) is 29.9 Å². The van der Waals surface area contributed by atoms with E-state index in [1.165, 1.54) is 19.2 Å². The second-order valence-electron chi connectivity index (χ2n) is 4.74. The Balaban J connectivity index is 2.16. The number of alkyl halides is 3. The Bertz CT molecular complexity index is 521. The summed E-state index contributed by atoms with van der Waals surface area (Å²) in [5, 5.41) is 8.87. The molecule has 0 saturated heterocycles. The van der Waals surface area contributed by atoms with Crippen LogP contribution in [0.1, 0.15) is 23.2 Å². The van der Waals surface area contributed by atoms with Gasteiger partial charge < -0.3 is 14.6 Å². The van der Waals surface area contributed by atoms with Crippen molar-refractivity contribution in [3.05, 3.63) is 23.8 Å². The predicted molar refractivity (Wildman–Crippen MR) is 63.2 cm³/mol. The number of methoxy groups -OCH3 is 1. The van der Waals surface area contributed by atoms with Crippen LogP contribution in [0.2, 0.25) is 0 Å². The topological polar surface area (TPSA) is 55.8 Å². The van der Waals surface area contributed by atoms with Crippen LogP contribution >= 0.6 is 0 Å². The minimum Gasteiger partial charge on any atom is -0.493 e. The van der Waals surface area contributed by atoms with Crippen molar-refractivity contribution in [2.24, 2.45) is 5.41 Å². The first-order chi connectivity index (χ1) is 9.29. The van der Waals surface area contributed by atoms with Crippen LogP contribution in [0.5, 0.6) is 11.5 Å². The normalized spacial score (nSPS) is 16.6. The lowest BCUT2D eigenvalue weighted by atomic mass is 10.1. The Hall–Kier alpha value is -1.92. The quantitative estimate of drug-likeness (QED) is 0.905. The molecule has 0 amide bonds. The standard InChI is InChI=1S/C13H13F3O4/c1-19-9-3-2-8(11(17)18)6-10(9)20-7-12(4-5-12)13(14,15)16/h2-3,6H,4-5,7H2,1H3,(H,17,18). The van der Waals surface area contributed by atoms with Crippen LogP contribution in [0.3, 0.4) is 0 Å². The third-order valence-corrected chi connectivity index (χ3v) is 3.37. The van der Waals surface area contributed by atoms with Crippen molar-refractivity contribution in [1.82, 2.24) is 0 Å². The van der Waals surface area contributed by atoms with Gasteiger partial charge in [0.15, 0.2) is 11.5 Å². The van der Waals surface area contributed by atoms with Gasteiger partial charge in [-0.2, -0.15) is 13.2 Å². The van der Waals surface area contributed by atoms with E-state index in [2.05, 4.69) is 0 Å². The number of ether oxygens (including phenoxy) is 2. The average Bonchev–Trinajstić information content (AvgIpc) is 3.16. The summed E-state index contributed by atoms with van der Waals surface area (Å²) in [6.07, 6.45) is -4.26. The predicted octanol–water partition coefficient (Wildman–Crippen LogP) is 3.11. The summed E-state index contributed by atoms with van der Waals surface area (Å²) in [5.74, 6) is -0.981. The minimum absolute atomic E-state index is 0.00271. The molecule has 1 fully saturated rings. The van der Waals surface area contributed by atoms with Gasteiger partial charge in [-0.1, -0.05) is 0 Å². The Morgan fingerprint density at radius 2 is 2.00 bits per heavy atom. The van der Waals surface area contributed by atoms with Crippen molar-refractivity contribution in [3.8, 4) is 11.5 Å². The zero-order chi connectivity index (χ0) is 15.0. The molecule has 0 heterocycles. The van der Waals surface area contributed by atoms with E-state index in [4.69, 9.17) is 14.6 Å². The molecule has 7 heteroatoms. The van der Waals surface area contributed by atoms with Gasteiger partial charge >= 0.3 is 12.1 Å². The average molecular weight is 290 g/mol. The SMILES string of the molecule is COc1ccc(C(=O)O)cc1OCC1(C(F)(F)F)CC1. The number of hydrogen-bond donors (Lipinski definition) is 1. The monoisotopic (exact) mass is 290 g/mol. The zero-order valence-corrected chi connectivity index (χ0v) is 10.7. The van der Waals surface area contributed by atoms with E-state index in [9.17, 15) is 18.0 Å². The molecule has 1 N–H and O–H groups in total. The summed E-state index contributed by atoms with van der Waals surface area (Å²) in [6, 6.07) is 3.81. The van der Waals surface area contributed by atoms with Gasteiger partial charge in [-0.25, -0.2) is 4.79 Å². The first-order valence-electron chi connectivity index (χ1n) is 5.90. The number of benzene rings is 1. The molecule has 1 aliphatic rings. The maximum Gasteiger partial charge on any atom is 0.397 e. The van der Waals surface area contributed by atoms with Crippen molar-refractivity contribution in [2.75, 3.05) is 13.7 Å². The highest BCUT2D eigenvalue weighted by Crippen LogP contribution is 2.57. The number of rotatable bonds is 5. The Labute approximate surface area is 113 Å². The van der Waals surface area contributed by atoms with E-state index in [1.54, 1.807) is 0 Å². The van der Waals surface area contributed by atoms with Crippen LogP contribution in [0.25, 0.3) is 0 Å². The number of carboxylic acid groups (broad SMARTS) is 1. The molecule has 0 aromatic heterocycles. The van der Waals surface area contributed by atoms with Gasteiger partial charge in [0.05, 0.1) is 12.7 Å². The molecule has 0 atom stereocenters. The molecule has 0 spiro atoms. The molecule has 0 radical (unpaired) electrons. The van der Waals surface area contributed by atoms with Gasteiger partial charge in [0.25, 0.3) is 0 Å². The molecular weight excluding hydrogens is 277 g/mol. The maximum atomic E-state index is 12.8. The maximum absolute atomic E-state index is 12.8. The molecule has 1 aromatic rings. The van der Waals surface area contributed by atoms with Crippen molar-refractivity contribution >= 4 is 5.97 Å². The number of halogens is 3. The van der Waals surface area contributed by atoms with Crippen molar-refractivity contribution < 1.29 is 32.5 Å². The Morgan fingerprint density at radius 1 is 1.35 bits per heavy atom. The van der Waals surface area contributed by atoms with E-state index in [0.717, 1.165) is 6.07 Å². The molecule has 1 aromatic carbocycles. The van der Waals surface area contributed by atoms with Crippen LogP contribution in [0.4, 0.5) is 13.2 Å². The van der Waals surface area contributed by atoms with Gasteiger partial charge in [0, 0.05) is 0 Å². The summed E-state index contributed by atoms with van der Waals surface area (Å²) in [4.78, 5) is 10.8. The third kappa shape index (κ3) is 2.66. The third-order valence-electron chi connectivity index (χ3n) is 3.37. The second kappa shape index (κ2) is 4.88. The second-order valence-corrected chi connectivity index (χ2v) is 4.74. The summed E-state index contributed by atoms with van der Waals surface area (Å²) in [7, 11) is 1.33.